The van der Waals surface area contributed by atoms with Crippen molar-refractivity contribution in [3.8, 4) is 11.5 Å². The van der Waals surface area contributed by atoms with Crippen LogP contribution >= 0.6 is 0 Å². The average molecular weight is 371 g/mol. The highest BCUT2D eigenvalue weighted by atomic mass is 16.5. The smallest absolute Gasteiger partial charge is 0.323 e. The van der Waals surface area contributed by atoms with Gasteiger partial charge in [0.1, 0.15) is 23.6 Å². The van der Waals surface area contributed by atoms with Gasteiger partial charge in [-0.2, -0.15) is 0 Å². The van der Waals surface area contributed by atoms with Gasteiger partial charge in [-0.25, -0.2) is 0 Å². The second-order valence-electron chi connectivity index (χ2n) is 6.68. The zero-order chi connectivity index (χ0) is 19.6. The first-order valence-corrected chi connectivity index (χ1v) is 9.22. The molecule has 0 amide bonds. The summed E-state index contributed by atoms with van der Waals surface area (Å²) in [5.74, 6) is 1.48. The van der Waals surface area contributed by atoms with Crippen LogP contribution in [0.3, 0.4) is 0 Å². The molecule has 0 saturated carbocycles. The summed E-state index contributed by atoms with van der Waals surface area (Å²) in [7, 11) is 3.06. The summed E-state index contributed by atoms with van der Waals surface area (Å²) >= 11 is 0. The Hall–Kier alpha value is -2.53. The third-order valence-corrected chi connectivity index (χ3v) is 4.40. The van der Waals surface area contributed by atoms with Crippen molar-refractivity contribution in [3.63, 3.8) is 0 Å². The second-order valence-corrected chi connectivity index (χ2v) is 6.68. The number of hydrogen-bond donors (Lipinski definition) is 1. The average Bonchev–Trinajstić information content (AvgIpc) is 2.70. The summed E-state index contributed by atoms with van der Waals surface area (Å²) in [6, 6.07) is 17.3. The van der Waals surface area contributed by atoms with E-state index in [1.165, 1.54) is 7.11 Å². The lowest BCUT2D eigenvalue weighted by molar-refractivity contribution is -0.144. The number of carbonyl (C=O) groups is 1. The van der Waals surface area contributed by atoms with Gasteiger partial charge in [0.15, 0.2) is 0 Å². The third kappa shape index (κ3) is 6.29. The molecule has 0 bridgehead atoms. The molecule has 146 valence electrons. The molecule has 0 aliphatic carbocycles. The van der Waals surface area contributed by atoms with Gasteiger partial charge in [0, 0.05) is 6.42 Å². The Kier molecular flexibility index (Phi) is 8.14. The van der Waals surface area contributed by atoms with Crippen LogP contribution in [0.2, 0.25) is 0 Å². The SMILES string of the molecule is COC(=O)[C@@H](NCCC(Oc1ccc(OC)cc1)c1ccccc1)C(C)C. The number of carbonyl (C=O) groups excluding carboxylic acids is 1. The van der Waals surface area contributed by atoms with Crippen molar-refractivity contribution in [2.24, 2.45) is 5.92 Å². The van der Waals surface area contributed by atoms with E-state index in [1.807, 2.05) is 56.3 Å². The fraction of sp³-hybridized carbons (Fsp3) is 0.409. The highest BCUT2D eigenvalue weighted by Gasteiger charge is 2.23. The van der Waals surface area contributed by atoms with E-state index in [0.717, 1.165) is 23.5 Å². The number of nitrogens with one attached hydrogen (secondary N) is 1. The molecule has 2 aromatic carbocycles. The molecule has 5 nitrogen and oxygen atoms in total. The van der Waals surface area contributed by atoms with Gasteiger partial charge in [-0.1, -0.05) is 44.2 Å². The molecular formula is C22H29NO4. The minimum absolute atomic E-state index is 0.127. The van der Waals surface area contributed by atoms with Gasteiger partial charge >= 0.3 is 5.97 Å². The van der Waals surface area contributed by atoms with Crippen LogP contribution in [0.5, 0.6) is 11.5 Å². The van der Waals surface area contributed by atoms with E-state index in [0.29, 0.717) is 6.54 Å². The summed E-state index contributed by atoms with van der Waals surface area (Å²) in [4.78, 5) is 11.9. The van der Waals surface area contributed by atoms with Gasteiger partial charge in [0.2, 0.25) is 0 Å². The van der Waals surface area contributed by atoms with E-state index in [2.05, 4.69) is 17.4 Å². The van der Waals surface area contributed by atoms with Crippen molar-refractivity contribution in [1.82, 2.24) is 5.32 Å². The standard InChI is InChI=1S/C22H29NO4/c1-16(2)21(22(24)26-4)23-15-14-20(17-8-6-5-7-9-17)27-19-12-10-18(25-3)11-13-19/h5-13,16,20-21,23H,14-15H2,1-4H3/t20?,21-/m0/s1. The molecule has 2 rings (SSSR count). The van der Waals surface area contributed by atoms with Crippen molar-refractivity contribution < 1.29 is 19.0 Å². The number of esters is 1. The molecule has 1 N–H and O–H groups in total. The molecule has 5 heteroatoms. The molecule has 0 fully saturated rings. The predicted molar refractivity (Wildman–Crippen MR) is 106 cm³/mol. The molecule has 0 radical (unpaired) electrons. The van der Waals surface area contributed by atoms with Crippen molar-refractivity contribution in [1.29, 1.82) is 0 Å². The zero-order valence-corrected chi connectivity index (χ0v) is 16.5. The summed E-state index contributed by atoms with van der Waals surface area (Å²) in [5, 5.41) is 3.30. The van der Waals surface area contributed by atoms with Gasteiger partial charge in [0.05, 0.1) is 14.2 Å². The second kappa shape index (κ2) is 10.6. The first-order valence-electron chi connectivity index (χ1n) is 9.22. The topological polar surface area (TPSA) is 56.8 Å². The van der Waals surface area contributed by atoms with E-state index >= 15 is 0 Å². The van der Waals surface area contributed by atoms with Crippen LogP contribution in [0.1, 0.15) is 31.9 Å². The van der Waals surface area contributed by atoms with Crippen LogP contribution in [0.25, 0.3) is 0 Å². The summed E-state index contributed by atoms with van der Waals surface area (Å²) < 4.78 is 16.3. The molecule has 0 heterocycles. The quantitative estimate of drug-likeness (QED) is 0.640. The van der Waals surface area contributed by atoms with Gasteiger partial charge in [-0.05, 0) is 42.3 Å². The number of methoxy groups -OCH3 is 2. The Bertz CT molecular complexity index is 685. The first kappa shape index (κ1) is 20.8. The lowest BCUT2D eigenvalue weighted by Crippen LogP contribution is -2.42. The van der Waals surface area contributed by atoms with E-state index in [4.69, 9.17) is 14.2 Å². The minimum atomic E-state index is -0.326. The minimum Gasteiger partial charge on any atom is -0.497 e. The number of hydrogen-bond acceptors (Lipinski definition) is 5. The Labute approximate surface area is 161 Å². The number of benzene rings is 2. The number of ether oxygens (including phenoxy) is 3. The van der Waals surface area contributed by atoms with Gasteiger partial charge in [-0.15, -0.1) is 0 Å². The van der Waals surface area contributed by atoms with E-state index in [1.54, 1.807) is 7.11 Å². The molecule has 2 atom stereocenters. The maximum absolute atomic E-state index is 11.9. The van der Waals surface area contributed by atoms with E-state index in [-0.39, 0.29) is 24.0 Å². The van der Waals surface area contributed by atoms with Crippen LogP contribution < -0.4 is 14.8 Å². The van der Waals surface area contributed by atoms with Crippen LogP contribution in [-0.2, 0) is 9.53 Å². The zero-order valence-electron chi connectivity index (χ0n) is 16.5. The fourth-order valence-electron chi connectivity index (χ4n) is 2.87. The van der Waals surface area contributed by atoms with Gasteiger partial charge in [-0.3, -0.25) is 4.79 Å². The summed E-state index contributed by atoms with van der Waals surface area (Å²) in [6.07, 6.45) is 0.591. The fourth-order valence-corrected chi connectivity index (χ4v) is 2.87. The van der Waals surface area contributed by atoms with Gasteiger partial charge in [0.25, 0.3) is 0 Å². The highest BCUT2D eigenvalue weighted by Crippen LogP contribution is 2.26. The summed E-state index contributed by atoms with van der Waals surface area (Å²) in [6.45, 7) is 4.63. The number of rotatable bonds is 10. The van der Waals surface area contributed by atoms with E-state index < -0.39 is 0 Å². The molecular weight excluding hydrogens is 342 g/mol. The molecule has 0 saturated heterocycles. The molecule has 0 aromatic heterocycles. The third-order valence-electron chi connectivity index (χ3n) is 4.40. The Morgan fingerprint density at radius 2 is 1.59 bits per heavy atom. The Morgan fingerprint density at radius 1 is 0.963 bits per heavy atom. The summed E-state index contributed by atoms with van der Waals surface area (Å²) in [5.41, 5.74) is 1.09. The molecule has 27 heavy (non-hydrogen) atoms. The van der Waals surface area contributed by atoms with Crippen LogP contribution in [0.4, 0.5) is 0 Å². The van der Waals surface area contributed by atoms with Crippen molar-refractivity contribution in [2.75, 3.05) is 20.8 Å². The highest BCUT2D eigenvalue weighted by molar-refractivity contribution is 5.75. The predicted octanol–water partition coefficient (Wildman–Crippen LogP) is 3.99. The molecule has 1 unspecified atom stereocenters. The van der Waals surface area contributed by atoms with Crippen molar-refractivity contribution in [3.05, 3.63) is 60.2 Å². The first-order chi connectivity index (χ1) is 13.0. The Morgan fingerprint density at radius 3 is 2.15 bits per heavy atom. The largest absolute Gasteiger partial charge is 0.497 e. The van der Waals surface area contributed by atoms with E-state index in [9.17, 15) is 4.79 Å². The monoisotopic (exact) mass is 371 g/mol. The van der Waals surface area contributed by atoms with Gasteiger partial charge < -0.3 is 19.5 Å². The van der Waals surface area contributed by atoms with Crippen molar-refractivity contribution in [2.45, 2.75) is 32.4 Å². The lowest BCUT2D eigenvalue weighted by Gasteiger charge is -2.23. The molecule has 0 aliphatic heterocycles. The Balaban J connectivity index is 2.05. The normalized spacial score (nSPS) is 13.1. The van der Waals surface area contributed by atoms with Crippen molar-refractivity contribution >= 4 is 5.97 Å². The van der Waals surface area contributed by atoms with Crippen LogP contribution in [0, 0.1) is 5.92 Å². The lowest BCUT2D eigenvalue weighted by atomic mass is 10.0. The molecule has 2 aromatic rings. The maximum atomic E-state index is 11.9. The molecule has 0 aliphatic rings. The maximum Gasteiger partial charge on any atom is 0.323 e. The van der Waals surface area contributed by atoms with Crippen LogP contribution in [-0.4, -0.2) is 32.8 Å². The van der Waals surface area contributed by atoms with Crippen LogP contribution in [0.15, 0.2) is 54.6 Å². The molecule has 0 spiro atoms.